The average Bonchev–Trinajstić information content (AvgIpc) is 2.50. The Morgan fingerprint density at radius 2 is 2.09 bits per heavy atom. The van der Waals surface area contributed by atoms with Crippen LogP contribution >= 0.6 is 11.6 Å². The number of piperazine rings is 1. The van der Waals surface area contributed by atoms with Crippen molar-refractivity contribution < 1.29 is 13.2 Å². The van der Waals surface area contributed by atoms with E-state index in [9.17, 15) is 13.2 Å². The first-order chi connectivity index (χ1) is 10.9. The topological polar surface area (TPSA) is 131 Å². The third-order valence-electron chi connectivity index (χ3n) is 3.40. The van der Waals surface area contributed by atoms with Crippen LogP contribution in [0.15, 0.2) is 41.1 Å². The first-order valence-electron chi connectivity index (χ1n) is 6.82. The number of halogens is 1. The monoisotopic (exact) mass is 359 g/mol. The van der Waals surface area contributed by atoms with Crippen molar-refractivity contribution in [2.75, 3.05) is 13.1 Å². The fourth-order valence-corrected chi connectivity index (χ4v) is 4.02. The van der Waals surface area contributed by atoms with Crippen molar-refractivity contribution >= 4 is 27.5 Å². The number of nitrogens with two attached hydrogens (primary N) is 2. The number of hydrogen-bond donors (Lipinski definition) is 4. The summed E-state index contributed by atoms with van der Waals surface area (Å²) in [5.41, 5.74) is 8.27. The van der Waals surface area contributed by atoms with E-state index in [2.05, 4.69) is 10.7 Å². The lowest BCUT2D eigenvalue weighted by Crippen LogP contribution is -2.57. The van der Waals surface area contributed by atoms with Crippen molar-refractivity contribution in [3.8, 4) is 0 Å². The van der Waals surface area contributed by atoms with Crippen LogP contribution in [0.1, 0.15) is 6.42 Å². The van der Waals surface area contributed by atoms with Gasteiger partial charge >= 0.3 is 0 Å². The highest BCUT2D eigenvalue weighted by molar-refractivity contribution is 7.89. The maximum absolute atomic E-state index is 12.8. The second-order valence-corrected chi connectivity index (χ2v) is 7.29. The number of rotatable bonds is 5. The SMILES string of the molecule is NN/C=C(\N)C[C@@H]1C(=O)NCCN1S(=O)(=O)c1ccc(Cl)cc1. The van der Waals surface area contributed by atoms with E-state index in [1.165, 1.54) is 30.5 Å². The quantitative estimate of drug-likeness (QED) is 0.413. The van der Waals surface area contributed by atoms with Gasteiger partial charge in [0.1, 0.15) is 6.04 Å². The van der Waals surface area contributed by atoms with Gasteiger partial charge in [0.2, 0.25) is 15.9 Å². The molecule has 2 rings (SSSR count). The van der Waals surface area contributed by atoms with Crippen LogP contribution in [0.25, 0.3) is 0 Å². The number of carbonyl (C=O) groups is 1. The molecule has 1 aromatic rings. The maximum atomic E-state index is 12.8. The molecule has 10 heteroatoms. The van der Waals surface area contributed by atoms with Gasteiger partial charge in [-0.15, -0.1) is 0 Å². The van der Waals surface area contributed by atoms with Gasteiger partial charge in [0.25, 0.3) is 0 Å². The Balaban J connectivity index is 2.34. The molecule has 0 radical (unpaired) electrons. The molecule has 0 aliphatic carbocycles. The Morgan fingerprint density at radius 3 is 2.70 bits per heavy atom. The molecule has 1 fully saturated rings. The Bertz CT molecular complexity index is 705. The first kappa shape index (κ1) is 17.5. The molecule has 1 heterocycles. The van der Waals surface area contributed by atoms with Crippen molar-refractivity contribution in [2.24, 2.45) is 11.6 Å². The van der Waals surface area contributed by atoms with Crippen LogP contribution in [0.2, 0.25) is 5.02 Å². The maximum Gasteiger partial charge on any atom is 0.243 e. The van der Waals surface area contributed by atoms with Gasteiger partial charge in [0.15, 0.2) is 0 Å². The standard InChI is InChI=1S/C13H18ClN5O3S/c14-9-1-3-11(4-2-9)23(21,22)19-6-5-17-13(20)12(19)7-10(15)8-18-16/h1-4,8,12,18H,5-7,15-16H2,(H,17,20)/b10-8-/t12-/m1/s1. The number of hydrogen-bond acceptors (Lipinski definition) is 6. The third kappa shape index (κ3) is 3.94. The molecule has 8 nitrogen and oxygen atoms in total. The highest BCUT2D eigenvalue weighted by Crippen LogP contribution is 2.23. The molecule has 6 N–H and O–H groups in total. The Morgan fingerprint density at radius 1 is 1.43 bits per heavy atom. The van der Waals surface area contributed by atoms with Gasteiger partial charge < -0.3 is 16.5 Å². The first-order valence-corrected chi connectivity index (χ1v) is 8.64. The van der Waals surface area contributed by atoms with E-state index >= 15 is 0 Å². The van der Waals surface area contributed by atoms with Gasteiger partial charge in [-0.1, -0.05) is 11.6 Å². The minimum atomic E-state index is -3.84. The minimum absolute atomic E-state index is 0.0306. The van der Waals surface area contributed by atoms with E-state index in [1.807, 2.05) is 0 Å². The van der Waals surface area contributed by atoms with Crippen LogP contribution in [-0.4, -0.2) is 37.8 Å². The number of benzene rings is 1. The summed E-state index contributed by atoms with van der Waals surface area (Å²) in [6.45, 7) is 0.394. The number of nitrogens with zero attached hydrogens (tertiary/aromatic N) is 1. The summed E-state index contributed by atoms with van der Waals surface area (Å²) < 4.78 is 26.7. The summed E-state index contributed by atoms with van der Waals surface area (Å²) in [7, 11) is -3.84. The van der Waals surface area contributed by atoms with Gasteiger partial charge in [-0.2, -0.15) is 4.31 Å². The molecule has 1 aromatic carbocycles. The van der Waals surface area contributed by atoms with Crippen molar-refractivity contribution in [3.63, 3.8) is 0 Å². The lowest BCUT2D eigenvalue weighted by atomic mass is 10.1. The van der Waals surface area contributed by atoms with Gasteiger partial charge in [0, 0.05) is 36.4 Å². The van der Waals surface area contributed by atoms with Crippen molar-refractivity contribution in [2.45, 2.75) is 17.4 Å². The van der Waals surface area contributed by atoms with Crippen molar-refractivity contribution in [1.29, 1.82) is 0 Å². The summed E-state index contributed by atoms with van der Waals surface area (Å²) in [5, 5.41) is 3.07. The fourth-order valence-electron chi connectivity index (χ4n) is 2.31. The summed E-state index contributed by atoms with van der Waals surface area (Å²) in [6.07, 6.45) is 1.35. The number of sulfonamides is 1. The van der Waals surface area contributed by atoms with E-state index in [0.29, 0.717) is 5.02 Å². The predicted octanol–water partition coefficient (Wildman–Crippen LogP) is -0.517. The van der Waals surface area contributed by atoms with Gasteiger partial charge in [-0.3, -0.25) is 10.6 Å². The summed E-state index contributed by atoms with van der Waals surface area (Å²) in [5.74, 6) is 4.74. The molecular weight excluding hydrogens is 342 g/mol. The van der Waals surface area contributed by atoms with Crippen molar-refractivity contribution in [1.82, 2.24) is 15.0 Å². The third-order valence-corrected chi connectivity index (χ3v) is 5.57. The Hall–Kier alpha value is -1.81. The van der Waals surface area contributed by atoms with Gasteiger partial charge in [-0.25, -0.2) is 8.42 Å². The van der Waals surface area contributed by atoms with Crippen LogP contribution in [0.5, 0.6) is 0 Å². The summed E-state index contributed by atoms with van der Waals surface area (Å²) in [6, 6.07) is 4.85. The molecule has 0 saturated carbocycles. The van der Waals surface area contributed by atoms with Crippen LogP contribution in [0, 0.1) is 0 Å². The lowest BCUT2D eigenvalue weighted by Gasteiger charge is -2.34. The zero-order chi connectivity index (χ0) is 17.0. The Kier molecular flexibility index (Phi) is 5.47. The molecular formula is C13H18ClN5O3S. The molecule has 1 aliphatic rings. The van der Waals surface area contributed by atoms with E-state index in [0.717, 1.165) is 4.31 Å². The van der Waals surface area contributed by atoms with Gasteiger partial charge in [0.05, 0.1) is 4.90 Å². The number of hydrazine groups is 1. The molecule has 0 unspecified atom stereocenters. The fraction of sp³-hybridized carbons (Fsp3) is 0.308. The molecule has 0 spiro atoms. The molecule has 23 heavy (non-hydrogen) atoms. The van der Waals surface area contributed by atoms with E-state index in [1.54, 1.807) is 0 Å². The molecule has 0 bridgehead atoms. The van der Waals surface area contributed by atoms with E-state index in [-0.39, 0.29) is 30.1 Å². The molecule has 126 valence electrons. The zero-order valence-corrected chi connectivity index (χ0v) is 13.8. The van der Waals surface area contributed by atoms with Crippen molar-refractivity contribution in [3.05, 3.63) is 41.2 Å². The highest BCUT2D eigenvalue weighted by Gasteiger charge is 2.38. The molecule has 0 aromatic heterocycles. The zero-order valence-electron chi connectivity index (χ0n) is 12.2. The molecule has 1 aliphatic heterocycles. The Labute approximate surface area is 139 Å². The van der Waals surface area contributed by atoms with Crippen LogP contribution in [0.3, 0.4) is 0 Å². The lowest BCUT2D eigenvalue weighted by molar-refractivity contribution is -0.126. The smallest absolute Gasteiger partial charge is 0.243 e. The van der Waals surface area contributed by atoms with Crippen LogP contribution < -0.4 is 22.3 Å². The molecule has 1 atom stereocenters. The summed E-state index contributed by atoms with van der Waals surface area (Å²) >= 11 is 5.79. The average molecular weight is 360 g/mol. The van der Waals surface area contributed by atoms with Crippen LogP contribution in [0.4, 0.5) is 0 Å². The van der Waals surface area contributed by atoms with Crippen LogP contribution in [-0.2, 0) is 14.8 Å². The molecule has 1 amide bonds. The second kappa shape index (κ2) is 7.18. The number of carbonyl (C=O) groups excluding carboxylic acids is 1. The minimum Gasteiger partial charge on any atom is -0.401 e. The van der Waals surface area contributed by atoms with Gasteiger partial charge in [-0.05, 0) is 24.3 Å². The van der Waals surface area contributed by atoms with E-state index < -0.39 is 22.0 Å². The largest absolute Gasteiger partial charge is 0.401 e. The van der Waals surface area contributed by atoms with E-state index in [4.69, 9.17) is 23.2 Å². The highest BCUT2D eigenvalue weighted by atomic mass is 35.5. The normalized spacial score (nSPS) is 20.2. The second-order valence-electron chi connectivity index (χ2n) is 4.97. The number of amides is 1. The molecule has 1 saturated heterocycles. The predicted molar refractivity (Wildman–Crippen MR) is 86.4 cm³/mol. The summed E-state index contributed by atoms with van der Waals surface area (Å²) in [4.78, 5) is 12.2. The number of nitrogens with one attached hydrogen (secondary N) is 2.